The van der Waals surface area contributed by atoms with Gasteiger partial charge in [0.25, 0.3) is 5.91 Å². The Kier molecular flexibility index (Phi) is 4.24. The van der Waals surface area contributed by atoms with Gasteiger partial charge in [-0.1, -0.05) is 17.7 Å². The fourth-order valence-corrected chi connectivity index (χ4v) is 2.53. The number of nitrogens with one attached hydrogen (secondary N) is 2. The number of carboxylic acid groups (broad SMARTS) is 1. The van der Waals surface area contributed by atoms with E-state index in [0.717, 1.165) is 6.07 Å². The second-order valence-electron chi connectivity index (χ2n) is 4.99. The molecule has 0 radical (unpaired) electrons. The minimum absolute atomic E-state index is 0.0429. The number of carboxylic acids is 1. The Morgan fingerprint density at radius 1 is 1.40 bits per heavy atom. The summed E-state index contributed by atoms with van der Waals surface area (Å²) in [5.74, 6) is -2.88. The van der Waals surface area contributed by atoms with E-state index in [0.29, 0.717) is 0 Å². The molecule has 0 saturated heterocycles. The van der Waals surface area contributed by atoms with Crippen LogP contribution in [0.5, 0.6) is 0 Å². The summed E-state index contributed by atoms with van der Waals surface area (Å²) in [4.78, 5) is 39.0. The number of nitrogens with zero attached hydrogens (tertiary/aromatic N) is 2. The van der Waals surface area contributed by atoms with Crippen LogP contribution in [-0.4, -0.2) is 38.1 Å². The van der Waals surface area contributed by atoms with Gasteiger partial charge in [-0.05, 0) is 12.1 Å². The van der Waals surface area contributed by atoms with Gasteiger partial charge < -0.3 is 10.4 Å². The summed E-state index contributed by atoms with van der Waals surface area (Å²) in [6.07, 6.45) is 1.22. The molecule has 3 N–H and O–H groups in total. The number of benzene rings is 1. The third-order valence-electron chi connectivity index (χ3n) is 3.42. The summed E-state index contributed by atoms with van der Waals surface area (Å²) >= 11 is 5.77. The summed E-state index contributed by atoms with van der Waals surface area (Å²) in [6.45, 7) is -0.653. The van der Waals surface area contributed by atoms with Crippen LogP contribution in [0.1, 0.15) is 10.4 Å². The van der Waals surface area contributed by atoms with Gasteiger partial charge in [0.15, 0.2) is 16.9 Å². The number of rotatable bonds is 4. The van der Waals surface area contributed by atoms with E-state index in [1.165, 1.54) is 29.0 Å². The number of H-pyrrole nitrogens is 1. The van der Waals surface area contributed by atoms with E-state index in [2.05, 4.69) is 15.4 Å². The molecular formula is C15H10ClFN4O4. The van der Waals surface area contributed by atoms with Gasteiger partial charge >= 0.3 is 5.97 Å². The number of carbonyl (C=O) groups excluding carboxylic acids is 1. The lowest BCUT2D eigenvalue weighted by atomic mass is 10.1. The molecule has 0 aliphatic rings. The van der Waals surface area contributed by atoms with Crippen molar-refractivity contribution in [1.29, 1.82) is 0 Å². The van der Waals surface area contributed by atoms with Gasteiger partial charge in [0.05, 0.1) is 10.7 Å². The molecule has 0 spiro atoms. The minimum Gasteiger partial charge on any atom is -0.480 e. The van der Waals surface area contributed by atoms with Crippen molar-refractivity contribution in [2.75, 3.05) is 6.54 Å². The molecule has 25 heavy (non-hydrogen) atoms. The molecule has 0 aliphatic heterocycles. The van der Waals surface area contributed by atoms with Crippen LogP contribution < -0.4 is 10.7 Å². The first-order valence-corrected chi connectivity index (χ1v) is 7.31. The fourth-order valence-electron chi connectivity index (χ4n) is 2.36. The smallest absolute Gasteiger partial charge is 0.322 e. The highest BCUT2D eigenvalue weighted by Crippen LogP contribution is 2.27. The van der Waals surface area contributed by atoms with Crippen LogP contribution in [-0.2, 0) is 4.79 Å². The zero-order valence-corrected chi connectivity index (χ0v) is 13.2. The van der Waals surface area contributed by atoms with Gasteiger partial charge in [0.1, 0.15) is 18.4 Å². The number of halogens is 2. The topological polar surface area (TPSA) is 117 Å². The first-order chi connectivity index (χ1) is 11.9. The third-order valence-corrected chi connectivity index (χ3v) is 3.71. The van der Waals surface area contributed by atoms with E-state index in [9.17, 15) is 18.8 Å². The molecule has 0 aliphatic carbocycles. The van der Waals surface area contributed by atoms with Gasteiger partial charge in [-0.3, -0.25) is 19.5 Å². The molecule has 0 unspecified atom stereocenters. The molecule has 0 fully saturated rings. The lowest BCUT2D eigenvalue weighted by Gasteiger charge is -2.09. The summed E-state index contributed by atoms with van der Waals surface area (Å²) < 4.78 is 15.5. The molecule has 0 atom stereocenters. The highest BCUT2D eigenvalue weighted by Gasteiger charge is 2.21. The maximum absolute atomic E-state index is 14.3. The van der Waals surface area contributed by atoms with Crippen molar-refractivity contribution >= 4 is 29.1 Å². The van der Waals surface area contributed by atoms with Crippen molar-refractivity contribution in [3.8, 4) is 11.3 Å². The largest absolute Gasteiger partial charge is 0.480 e. The van der Waals surface area contributed by atoms with Crippen molar-refractivity contribution in [2.45, 2.75) is 0 Å². The van der Waals surface area contributed by atoms with Gasteiger partial charge in [-0.15, -0.1) is 0 Å². The van der Waals surface area contributed by atoms with Crippen LogP contribution in [0.4, 0.5) is 4.39 Å². The minimum atomic E-state index is -1.26. The lowest BCUT2D eigenvalue weighted by Crippen LogP contribution is -2.33. The molecule has 1 aromatic carbocycles. The molecule has 10 heteroatoms. The van der Waals surface area contributed by atoms with E-state index in [1.807, 2.05) is 0 Å². The molecular weight excluding hydrogens is 355 g/mol. The molecule has 3 aromatic rings. The number of amides is 1. The van der Waals surface area contributed by atoms with Crippen LogP contribution in [0.3, 0.4) is 0 Å². The highest BCUT2D eigenvalue weighted by atomic mass is 35.5. The van der Waals surface area contributed by atoms with Crippen LogP contribution in [0.2, 0.25) is 5.02 Å². The standard InChI is InChI=1S/C15H10ClFN4O4/c16-8-3-1-2-7(13(8)17)9-4-10(22)12(14-19-6-20-21(9)14)15(25)18-5-11(23)24/h1-4,6H,5H2,(H,18,25)(H,19,20)(H,23,24). The molecule has 128 valence electrons. The number of hydrogen-bond donors (Lipinski definition) is 3. The van der Waals surface area contributed by atoms with Crippen molar-refractivity contribution in [3.05, 3.63) is 57.2 Å². The van der Waals surface area contributed by atoms with E-state index >= 15 is 0 Å². The van der Waals surface area contributed by atoms with Crippen molar-refractivity contribution in [1.82, 2.24) is 19.9 Å². The predicted octanol–water partition coefficient (Wildman–Crippen LogP) is 1.30. The molecule has 0 bridgehead atoms. The quantitative estimate of drug-likeness (QED) is 0.645. The van der Waals surface area contributed by atoms with Gasteiger partial charge in [0, 0.05) is 11.6 Å². The summed E-state index contributed by atoms with van der Waals surface area (Å²) in [5.41, 5.74) is -0.989. The normalized spacial score (nSPS) is 10.8. The van der Waals surface area contributed by atoms with Crippen LogP contribution in [0, 0.1) is 5.82 Å². The zero-order valence-electron chi connectivity index (χ0n) is 12.4. The van der Waals surface area contributed by atoms with E-state index < -0.39 is 29.7 Å². The Balaban J connectivity index is 2.20. The number of carbonyl (C=O) groups is 2. The highest BCUT2D eigenvalue weighted by molar-refractivity contribution is 6.31. The first-order valence-electron chi connectivity index (χ1n) is 6.93. The Hall–Kier alpha value is -3.20. The van der Waals surface area contributed by atoms with Crippen molar-refractivity contribution in [2.24, 2.45) is 0 Å². The monoisotopic (exact) mass is 364 g/mol. The number of aliphatic carboxylic acids is 1. The van der Waals surface area contributed by atoms with E-state index in [1.54, 1.807) is 0 Å². The van der Waals surface area contributed by atoms with Gasteiger partial charge in [-0.2, -0.15) is 0 Å². The van der Waals surface area contributed by atoms with E-state index in [4.69, 9.17) is 16.7 Å². The Morgan fingerprint density at radius 2 is 2.16 bits per heavy atom. The fraction of sp³-hybridized carbons (Fsp3) is 0.0667. The third kappa shape index (κ3) is 2.96. The number of fused-ring (bicyclic) bond motifs is 1. The number of aromatic nitrogens is 3. The molecule has 1 amide bonds. The zero-order chi connectivity index (χ0) is 18.1. The lowest BCUT2D eigenvalue weighted by molar-refractivity contribution is -0.135. The Bertz CT molecular complexity index is 1060. The molecule has 3 rings (SSSR count). The Labute approximate surface area is 143 Å². The van der Waals surface area contributed by atoms with Gasteiger partial charge in [0.2, 0.25) is 0 Å². The van der Waals surface area contributed by atoms with Crippen LogP contribution in [0.15, 0.2) is 35.4 Å². The average molecular weight is 365 g/mol. The molecule has 2 aromatic heterocycles. The van der Waals surface area contributed by atoms with Crippen molar-refractivity contribution < 1.29 is 19.1 Å². The molecule has 2 heterocycles. The maximum Gasteiger partial charge on any atom is 0.322 e. The summed E-state index contributed by atoms with van der Waals surface area (Å²) in [5, 5.41) is 13.3. The molecule has 8 nitrogen and oxygen atoms in total. The van der Waals surface area contributed by atoms with Crippen molar-refractivity contribution in [3.63, 3.8) is 0 Å². The first kappa shape index (κ1) is 16.7. The Morgan fingerprint density at radius 3 is 2.88 bits per heavy atom. The SMILES string of the molecule is O=C(O)CNC(=O)c1c(=O)cc(-c2cccc(Cl)c2F)n2[nH]cnc12. The number of aromatic amines is 1. The number of hydrogen-bond acceptors (Lipinski definition) is 4. The van der Waals surface area contributed by atoms with Gasteiger partial charge in [-0.25, -0.2) is 13.9 Å². The van der Waals surface area contributed by atoms with Crippen LogP contribution >= 0.6 is 11.6 Å². The molecule has 0 saturated carbocycles. The second-order valence-corrected chi connectivity index (χ2v) is 5.40. The summed E-state index contributed by atoms with van der Waals surface area (Å²) in [6, 6.07) is 5.35. The van der Waals surface area contributed by atoms with Crippen LogP contribution in [0.25, 0.3) is 16.9 Å². The van der Waals surface area contributed by atoms with E-state index in [-0.39, 0.29) is 27.5 Å². The average Bonchev–Trinajstić information content (AvgIpc) is 3.04. The predicted molar refractivity (Wildman–Crippen MR) is 86.2 cm³/mol. The maximum atomic E-state index is 14.3. The summed E-state index contributed by atoms with van der Waals surface area (Å²) in [7, 11) is 0. The number of pyridine rings is 1. The second kappa shape index (κ2) is 6.36.